The molecular weight excluding hydrogens is 376 g/mol. The number of hydrogen-bond acceptors (Lipinski definition) is 4. The summed E-state index contributed by atoms with van der Waals surface area (Å²) in [5.41, 5.74) is 3.79. The van der Waals surface area contributed by atoms with Crippen molar-refractivity contribution in [2.45, 2.75) is 39.5 Å². The molecule has 30 heavy (non-hydrogen) atoms. The van der Waals surface area contributed by atoms with E-state index in [-0.39, 0.29) is 46.3 Å². The van der Waals surface area contributed by atoms with Crippen molar-refractivity contribution in [3.05, 3.63) is 76.9 Å². The van der Waals surface area contributed by atoms with Crippen LogP contribution >= 0.6 is 0 Å². The second-order valence-electron chi connectivity index (χ2n) is 8.26. The Bertz CT molecular complexity index is 968. The number of phenols is 2. The van der Waals surface area contributed by atoms with Crippen LogP contribution in [0.1, 0.15) is 55.5 Å². The van der Waals surface area contributed by atoms with Gasteiger partial charge in [0.05, 0.1) is 7.11 Å². The number of allylic oxidation sites excluding steroid dienone is 4. The maximum Gasteiger partial charge on any atom is 0.174 e. The van der Waals surface area contributed by atoms with Crippen molar-refractivity contribution in [1.82, 2.24) is 0 Å². The van der Waals surface area contributed by atoms with Gasteiger partial charge >= 0.3 is 0 Å². The third-order valence-electron chi connectivity index (χ3n) is 5.98. The minimum atomic E-state index is -0.337. The lowest BCUT2D eigenvalue weighted by Gasteiger charge is -2.37. The van der Waals surface area contributed by atoms with Crippen LogP contribution in [-0.2, 0) is 0 Å². The van der Waals surface area contributed by atoms with Gasteiger partial charge in [0, 0.05) is 24.0 Å². The number of carbonyl (C=O) groups is 1. The molecular formula is C26H30O4. The van der Waals surface area contributed by atoms with E-state index >= 15 is 0 Å². The highest BCUT2D eigenvalue weighted by molar-refractivity contribution is 6.03. The van der Waals surface area contributed by atoms with Crippen LogP contribution in [0.4, 0.5) is 0 Å². The number of benzene rings is 2. The molecule has 2 N–H and O–H groups in total. The second-order valence-corrected chi connectivity index (χ2v) is 8.26. The third kappa shape index (κ3) is 4.43. The summed E-state index contributed by atoms with van der Waals surface area (Å²) in [7, 11) is 1.43. The maximum absolute atomic E-state index is 13.7. The molecule has 0 fully saturated rings. The predicted octanol–water partition coefficient (Wildman–Crippen LogP) is 6.01. The highest BCUT2D eigenvalue weighted by atomic mass is 16.5. The number of methoxy groups -OCH3 is 1. The van der Waals surface area contributed by atoms with Crippen molar-refractivity contribution >= 4 is 5.78 Å². The predicted molar refractivity (Wildman–Crippen MR) is 119 cm³/mol. The first-order valence-corrected chi connectivity index (χ1v) is 10.3. The first-order chi connectivity index (χ1) is 14.3. The Hall–Kier alpha value is -3.01. The Kier molecular flexibility index (Phi) is 6.66. The second kappa shape index (κ2) is 9.21. The van der Waals surface area contributed by atoms with Crippen LogP contribution in [-0.4, -0.2) is 23.1 Å². The number of aromatic hydroxyl groups is 2. The topological polar surface area (TPSA) is 66.8 Å². The lowest BCUT2D eigenvalue weighted by Crippen LogP contribution is -2.31. The molecule has 158 valence electrons. The van der Waals surface area contributed by atoms with Crippen LogP contribution in [0, 0.1) is 11.8 Å². The van der Waals surface area contributed by atoms with E-state index in [0.717, 1.165) is 12.0 Å². The summed E-state index contributed by atoms with van der Waals surface area (Å²) in [6.45, 7) is 6.31. The Morgan fingerprint density at radius 1 is 1.17 bits per heavy atom. The minimum absolute atomic E-state index is 0.0165. The summed E-state index contributed by atoms with van der Waals surface area (Å²) in [6.07, 6.45) is 5.82. The number of ketones is 1. The molecule has 4 nitrogen and oxygen atoms in total. The molecule has 2 aromatic rings. The largest absolute Gasteiger partial charge is 0.508 e. The molecule has 0 spiro atoms. The van der Waals surface area contributed by atoms with E-state index in [9.17, 15) is 15.0 Å². The van der Waals surface area contributed by atoms with Crippen molar-refractivity contribution in [2.24, 2.45) is 11.8 Å². The maximum atomic E-state index is 13.7. The van der Waals surface area contributed by atoms with Crippen LogP contribution in [0.3, 0.4) is 0 Å². The number of rotatable bonds is 6. The van der Waals surface area contributed by atoms with E-state index in [2.05, 4.69) is 45.1 Å². The molecule has 0 saturated carbocycles. The number of Topliss-reactive ketones (excluding diaryl/α,β-unsaturated/α-hetero) is 1. The normalized spacial score (nSPS) is 20.9. The Morgan fingerprint density at radius 2 is 1.87 bits per heavy atom. The van der Waals surface area contributed by atoms with Gasteiger partial charge in [-0.05, 0) is 45.1 Å². The molecule has 0 aromatic heterocycles. The molecule has 4 heteroatoms. The molecule has 0 radical (unpaired) electrons. The fourth-order valence-corrected chi connectivity index (χ4v) is 4.46. The Morgan fingerprint density at radius 3 is 2.50 bits per heavy atom. The van der Waals surface area contributed by atoms with Gasteiger partial charge in [-0.15, -0.1) is 0 Å². The van der Waals surface area contributed by atoms with Crippen molar-refractivity contribution < 1.29 is 19.7 Å². The number of phenolic OH excluding ortho intramolecular Hbond substituents is 2. The molecule has 1 aliphatic rings. The van der Waals surface area contributed by atoms with Crippen molar-refractivity contribution in [3.63, 3.8) is 0 Å². The number of carbonyl (C=O) groups excluding carboxylic acids is 1. The lowest BCUT2D eigenvalue weighted by atomic mass is 9.65. The van der Waals surface area contributed by atoms with E-state index in [4.69, 9.17) is 4.74 Å². The molecule has 0 amide bonds. The van der Waals surface area contributed by atoms with Crippen molar-refractivity contribution in [3.8, 4) is 17.2 Å². The van der Waals surface area contributed by atoms with E-state index in [1.54, 1.807) is 0 Å². The Labute approximate surface area is 178 Å². The third-order valence-corrected chi connectivity index (χ3v) is 5.98. The fourth-order valence-electron chi connectivity index (χ4n) is 4.46. The van der Waals surface area contributed by atoms with Gasteiger partial charge < -0.3 is 14.9 Å². The molecule has 1 aliphatic carbocycles. The quantitative estimate of drug-likeness (QED) is 0.455. The molecule has 0 aliphatic heterocycles. The summed E-state index contributed by atoms with van der Waals surface area (Å²) >= 11 is 0. The van der Waals surface area contributed by atoms with Gasteiger partial charge in [0.15, 0.2) is 5.78 Å². The van der Waals surface area contributed by atoms with Crippen LogP contribution in [0.2, 0.25) is 0 Å². The number of ether oxygens (including phenoxy) is 1. The molecule has 0 unspecified atom stereocenters. The van der Waals surface area contributed by atoms with Gasteiger partial charge in [0.2, 0.25) is 0 Å². The van der Waals surface area contributed by atoms with E-state index in [0.29, 0.717) is 6.42 Å². The van der Waals surface area contributed by atoms with Gasteiger partial charge in [-0.2, -0.15) is 0 Å². The van der Waals surface area contributed by atoms with Crippen LogP contribution in [0.5, 0.6) is 17.2 Å². The van der Waals surface area contributed by atoms with Crippen LogP contribution in [0.15, 0.2) is 65.8 Å². The zero-order chi connectivity index (χ0) is 21.8. The molecule has 2 aromatic carbocycles. The van der Waals surface area contributed by atoms with E-state index in [1.807, 2.05) is 18.2 Å². The van der Waals surface area contributed by atoms with Gasteiger partial charge in [0.1, 0.15) is 22.8 Å². The van der Waals surface area contributed by atoms with E-state index < -0.39 is 0 Å². The molecule has 0 saturated heterocycles. The van der Waals surface area contributed by atoms with Crippen LogP contribution in [0.25, 0.3) is 0 Å². The van der Waals surface area contributed by atoms with Gasteiger partial charge in [-0.1, -0.05) is 53.6 Å². The van der Waals surface area contributed by atoms with Crippen molar-refractivity contribution in [1.29, 1.82) is 0 Å². The molecule has 3 rings (SSSR count). The summed E-state index contributed by atoms with van der Waals surface area (Å²) in [5, 5.41) is 20.3. The minimum Gasteiger partial charge on any atom is -0.508 e. The first-order valence-electron chi connectivity index (χ1n) is 10.3. The highest BCUT2D eigenvalue weighted by Gasteiger charge is 2.39. The molecule has 3 atom stereocenters. The highest BCUT2D eigenvalue weighted by Crippen LogP contribution is 2.47. The molecule has 0 bridgehead atoms. The van der Waals surface area contributed by atoms with Crippen LogP contribution < -0.4 is 4.74 Å². The lowest BCUT2D eigenvalue weighted by molar-refractivity contribution is 0.0872. The smallest absolute Gasteiger partial charge is 0.174 e. The van der Waals surface area contributed by atoms with E-state index in [1.165, 1.54) is 30.4 Å². The SMILES string of the molecule is COc1cc(O)cc(O)c1C(=O)[C@@H]1CC=C(C)[C@@H](CC=C(C)C)[C@H]1c1ccccc1. The summed E-state index contributed by atoms with van der Waals surface area (Å²) in [5.74, 6) is -0.527. The monoisotopic (exact) mass is 406 g/mol. The summed E-state index contributed by atoms with van der Waals surface area (Å²) in [4.78, 5) is 13.7. The molecule has 0 heterocycles. The summed E-state index contributed by atoms with van der Waals surface area (Å²) < 4.78 is 5.32. The first kappa shape index (κ1) is 21.7. The van der Waals surface area contributed by atoms with Gasteiger partial charge in [-0.25, -0.2) is 0 Å². The zero-order valence-electron chi connectivity index (χ0n) is 18.1. The average Bonchev–Trinajstić information content (AvgIpc) is 2.72. The van der Waals surface area contributed by atoms with Gasteiger partial charge in [0.25, 0.3) is 0 Å². The summed E-state index contributed by atoms with van der Waals surface area (Å²) in [6, 6.07) is 12.7. The van der Waals surface area contributed by atoms with Gasteiger partial charge in [-0.3, -0.25) is 4.79 Å². The Balaban J connectivity index is 2.10. The number of hydrogen-bond donors (Lipinski definition) is 2. The standard InChI is InChI=1S/C26H30O4/c1-16(2)10-12-20-17(3)11-13-21(24(20)18-8-6-5-7-9-18)26(29)25-22(28)14-19(27)15-23(25)30-4/h5-11,14-15,20-21,24,27-28H,12-13H2,1-4H3/t20-,21-,24-/m1/s1. The van der Waals surface area contributed by atoms with Crippen molar-refractivity contribution in [2.75, 3.05) is 7.11 Å². The average molecular weight is 407 g/mol. The zero-order valence-corrected chi connectivity index (χ0v) is 18.1. The fraction of sp³-hybridized carbons (Fsp3) is 0.346.